The van der Waals surface area contributed by atoms with Crippen molar-refractivity contribution in [3.8, 4) is 23.0 Å². The zero-order valence-corrected chi connectivity index (χ0v) is 23.1. The number of methoxy groups -OCH3 is 2. The summed E-state index contributed by atoms with van der Waals surface area (Å²) >= 11 is 5.45. The molecule has 2 heterocycles. The summed E-state index contributed by atoms with van der Waals surface area (Å²) in [7, 11) is 2.87. The number of nitrogens with zero attached hydrogens (tertiary/aromatic N) is 2. The summed E-state index contributed by atoms with van der Waals surface area (Å²) in [5.74, 6) is -3.64. The SMILES string of the molecule is COc1ccc(OP(=S)(OC[C@@]2(C(F)F)O[C@@H](n3ccc(N)nc3=O)C(F)(F)[C@H]2O)Oc2ccc(OC)cc2)cc1. The normalized spacial score (nSPS) is 22.0. The topological polar surface area (TPSA) is 137 Å². The highest BCUT2D eigenvalue weighted by molar-refractivity contribution is 8.07. The van der Waals surface area contributed by atoms with E-state index in [9.17, 15) is 18.7 Å². The first-order chi connectivity index (χ1) is 19.3. The van der Waals surface area contributed by atoms with Crippen molar-refractivity contribution in [3.63, 3.8) is 0 Å². The van der Waals surface area contributed by atoms with Gasteiger partial charge in [-0.3, -0.25) is 9.09 Å². The molecule has 0 unspecified atom stereocenters. The second-order valence-corrected chi connectivity index (χ2v) is 11.5. The first-order valence-electron chi connectivity index (χ1n) is 11.6. The van der Waals surface area contributed by atoms with Crippen LogP contribution in [0.25, 0.3) is 0 Å². The number of ether oxygens (including phenoxy) is 3. The van der Waals surface area contributed by atoms with E-state index in [2.05, 4.69) is 4.98 Å². The number of benzene rings is 2. The molecule has 1 fully saturated rings. The Labute approximate surface area is 235 Å². The van der Waals surface area contributed by atoms with Gasteiger partial charge in [-0.15, -0.1) is 0 Å². The summed E-state index contributed by atoms with van der Waals surface area (Å²) < 4.78 is 91.7. The van der Waals surface area contributed by atoms with E-state index >= 15 is 8.78 Å². The number of halogens is 4. The summed E-state index contributed by atoms with van der Waals surface area (Å²) in [6.45, 7) is -5.55. The van der Waals surface area contributed by atoms with Crippen LogP contribution in [0.5, 0.6) is 23.0 Å². The number of aliphatic hydroxyl groups is 1. The number of aromatic nitrogens is 2. The van der Waals surface area contributed by atoms with Crippen LogP contribution in [0.15, 0.2) is 65.6 Å². The lowest BCUT2D eigenvalue weighted by Gasteiger charge is -2.32. The third-order valence-corrected chi connectivity index (χ3v) is 8.04. The fourth-order valence-corrected chi connectivity index (χ4v) is 5.72. The standard InChI is InChI=1S/C24H24F4N3O8PS/c1-34-14-3-7-16(8-4-14)38-40(41,39-17-9-5-15(35-2)6-10-17)36-13-23(20(25)26)19(32)24(27,28)21(37-23)31-12-11-18(29)30-22(31)33/h3-12,19-21,32H,13H2,1-2H3,(H2,29,30,33)/t19-,21+,23+/m0/s1. The zero-order chi connectivity index (χ0) is 30.0. The van der Waals surface area contributed by atoms with Gasteiger partial charge in [-0.1, -0.05) is 0 Å². The highest BCUT2D eigenvalue weighted by Crippen LogP contribution is 2.55. The van der Waals surface area contributed by atoms with Crippen molar-refractivity contribution in [3.05, 3.63) is 71.3 Å². The Morgan fingerprint density at radius 3 is 1.95 bits per heavy atom. The molecule has 41 heavy (non-hydrogen) atoms. The Bertz CT molecular complexity index is 1410. The van der Waals surface area contributed by atoms with E-state index in [1.54, 1.807) is 0 Å². The van der Waals surface area contributed by atoms with Crippen LogP contribution in [0.3, 0.4) is 0 Å². The molecule has 0 aliphatic carbocycles. The average molecular weight is 622 g/mol. The smallest absolute Gasteiger partial charge is 0.435 e. The second-order valence-electron chi connectivity index (χ2n) is 8.60. The van der Waals surface area contributed by atoms with Crippen molar-refractivity contribution in [2.45, 2.75) is 30.3 Å². The van der Waals surface area contributed by atoms with Crippen molar-refractivity contribution in [2.75, 3.05) is 26.6 Å². The minimum absolute atomic E-state index is 0.0735. The van der Waals surface area contributed by atoms with E-state index in [1.165, 1.54) is 62.8 Å². The van der Waals surface area contributed by atoms with Crippen molar-refractivity contribution in [2.24, 2.45) is 0 Å². The van der Waals surface area contributed by atoms with Gasteiger partial charge in [0.2, 0.25) is 6.23 Å². The van der Waals surface area contributed by atoms with Crippen molar-refractivity contribution >= 4 is 24.3 Å². The summed E-state index contributed by atoms with van der Waals surface area (Å²) in [4.78, 5) is 15.5. The van der Waals surface area contributed by atoms with Gasteiger partial charge in [0.05, 0.1) is 20.8 Å². The van der Waals surface area contributed by atoms with Gasteiger partial charge in [-0.05, 0) is 54.6 Å². The van der Waals surface area contributed by atoms with Gasteiger partial charge in [0.15, 0.2) is 11.7 Å². The number of alkyl halides is 4. The maximum absolute atomic E-state index is 15.2. The summed E-state index contributed by atoms with van der Waals surface area (Å²) in [6.07, 6.45) is -8.81. The largest absolute Gasteiger partial charge is 0.497 e. The molecule has 1 aliphatic rings. The summed E-state index contributed by atoms with van der Waals surface area (Å²) in [5.41, 5.74) is 0.700. The maximum Gasteiger partial charge on any atom is 0.435 e. The minimum atomic E-state index is -4.41. The number of rotatable bonds is 11. The molecule has 11 nitrogen and oxygen atoms in total. The molecular formula is C24H24F4N3O8PS. The molecule has 0 saturated carbocycles. The molecule has 0 amide bonds. The molecule has 1 aromatic heterocycles. The zero-order valence-electron chi connectivity index (χ0n) is 21.4. The lowest BCUT2D eigenvalue weighted by molar-refractivity contribution is -0.192. The van der Waals surface area contributed by atoms with Crippen LogP contribution in [0.4, 0.5) is 23.4 Å². The van der Waals surface area contributed by atoms with Gasteiger partial charge in [0.25, 0.3) is 6.43 Å². The van der Waals surface area contributed by atoms with Crippen LogP contribution in [0, 0.1) is 0 Å². The predicted molar refractivity (Wildman–Crippen MR) is 140 cm³/mol. The molecule has 3 N–H and O–H groups in total. The Morgan fingerprint density at radius 2 is 1.51 bits per heavy atom. The molecule has 3 aromatic rings. The molecule has 0 radical (unpaired) electrons. The minimum Gasteiger partial charge on any atom is -0.497 e. The van der Waals surface area contributed by atoms with E-state index in [0.29, 0.717) is 11.5 Å². The van der Waals surface area contributed by atoms with E-state index < -0.39 is 49.3 Å². The molecule has 4 rings (SSSR count). The molecule has 3 atom stereocenters. The van der Waals surface area contributed by atoms with E-state index in [1.807, 2.05) is 0 Å². The first kappa shape index (κ1) is 30.5. The molecule has 1 saturated heterocycles. The van der Waals surface area contributed by atoms with Gasteiger partial charge >= 0.3 is 18.3 Å². The van der Waals surface area contributed by atoms with Crippen molar-refractivity contribution in [1.29, 1.82) is 0 Å². The van der Waals surface area contributed by atoms with Gasteiger partial charge in [0, 0.05) is 18.0 Å². The van der Waals surface area contributed by atoms with Crippen LogP contribution < -0.4 is 29.9 Å². The Morgan fingerprint density at radius 1 is 1.02 bits per heavy atom. The number of nitrogens with two attached hydrogens (primary N) is 1. The lowest BCUT2D eigenvalue weighted by atomic mass is 9.96. The van der Waals surface area contributed by atoms with E-state index in [4.69, 9.17) is 45.3 Å². The van der Waals surface area contributed by atoms with E-state index in [0.717, 1.165) is 12.3 Å². The van der Waals surface area contributed by atoms with Crippen LogP contribution >= 0.6 is 6.72 Å². The number of hydrogen-bond donors (Lipinski definition) is 2. The average Bonchev–Trinajstić information content (AvgIpc) is 3.14. The molecule has 0 spiro atoms. The first-order valence-corrected chi connectivity index (χ1v) is 14.2. The molecule has 17 heteroatoms. The quantitative estimate of drug-likeness (QED) is 0.239. The van der Waals surface area contributed by atoms with Crippen LogP contribution in [-0.2, 0) is 21.1 Å². The molecule has 0 bridgehead atoms. The Kier molecular flexibility index (Phi) is 8.80. The van der Waals surface area contributed by atoms with Crippen LogP contribution in [0.2, 0.25) is 0 Å². The molecule has 1 aliphatic heterocycles. The van der Waals surface area contributed by atoms with Crippen molar-refractivity contribution in [1.82, 2.24) is 9.55 Å². The highest BCUT2D eigenvalue weighted by atomic mass is 32.5. The lowest BCUT2D eigenvalue weighted by Crippen LogP contribution is -2.54. The third-order valence-electron chi connectivity index (χ3n) is 5.96. The van der Waals surface area contributed by atoms with Gasteiger partial charge in [0.1, 0.15) is 28.8 Å². The number of hydrogen-bond acceptors (Lipinski definition) is 11. The Hall–Kier alpha value is -3.43. The number of nitrogen functional groups attached to an aromatic ring is 1. The summed E-state index contributed by atoms with van der Waals surface area (Å²) in [6, 6.07) is 12.7. The van der Waals surface area contributed by atoms with Crippen LogP contribution in [-0.4, -0.2) is 59.5 Å². The molecule has 222 valence electrons. The monoisotopic (exact) mass is 621 g/mol. The van der Waals surface area contributed by atoms with Crippen LogP contribution in [0.1, 0.15) is 6.23 Å². The third kappa shape index (κ3) is 6.26. The van der Waals surface area contributed by atoms with Gasteiger partial charge in [-0.2, -0.15) is 13.8 Å². The fourth-order valence-electron chi connectivity index (χ4n) is 3.79. The molecular weight excluding hydrogens is 597 g/mol. The molecule has 2 aromatic carbocycles. The maximum atomic E-state index is 15.2. The predicted octanol–water partition coefficient (Wildman–Crippen LogP) is 3.77. The highest BCUT2D eigenvalue weighted by Gasteiger charge is 2.71. The van der Waals surface area contributed by atoms with Crippen molar-refractivity contribution < 1.29 is 50.5 Å². The van der Waals surface area contributed by atoms with Gasteiger partial charge < -0.3 is 34.1 Å². The number of aliphatic hydroxyl groups excluding tert-OH is 1. The van der Waals surface area contributed by atoms with Gasteiger partial charge in [-0.25, -0.2) is 13.6 Å². The van der Waals surface area contributed by atoms with E-state index in [-0.39, 0.29) is 21.9 Å². The summed E-state index contributed by atoms with van der Waals surface area (Å²) in [5, 5.41) is 10.5. The number of anilines is 1. The fraction of sp³-hybridized carbons (Fsp3) is 0.333. The Balaban J connectivity index is 1.67. The second kappa shape index (κ2) is 11.8.